The Labute approximate surface area is 233 Å². The Hall–Kier alpha value is -2.54. The summed E-state index contributed by atoms with van der Waals surface area (Å²) in [6, 6.07) is 10.7. The number of aromatic nitrogens is 5. The Kier molecular flexibility index (Phi) is 8.17. The van der Waals surface area contributed by atoms with Gasteiger partial charge in [0.1, 0.15) is 11.3 Å². The van der Waals surface area contributed by atoms with E-state index in [4.69, 9.17) is 46.4 Å². The van der Waals surface area contributed by atoms with Crippen molar-refractivity contribution in [2.45, 2.75) is 38.4 Å². The molecule has 0 saturated heterocycles. The van der Waals surface area contributed by atoms with Gasteiger partial charge in [0.15, 0.2) is 17.8 Å². The molecule has 0 bridgehead atoms. The van der Waals surface area contributed by atoms with Gasteiger partial charge in [-0.05, 0) is 31.2 Å². The molecule has 0 amide bonds. The second kappa shape index (κ2) is 10.9. The molecule has 2 N–H and O–H groups in total. The maximum atomic E-state index is 13.3. The van der Waals surface area contributed by atoms with E-state index < -0.39 is 30.6 Å². The van der Waals surface area contributed by atoms with Gasteiger partial charge >= 0.3 is 11.9 Å². The summed E-state index contributed by atoms with van der Waals surface area (Å²) in [5.41, 5.74) is -0.415. The van der Waals surface area contributed by atoms with Crippen molar-refractivity contribution in [2.24, 2.45) is 0 Å². The quantitative estimate of drug-likeness (QED) is 0.286. The van der Waals surface area contributed by atoms with Gasteiger partial charge in [-0.15, -0.1) is 5.10 Å². The first-order valence-electron chi connectivity index (χ1n) is 10.9. The van der Waals surface area contributed by atoms with Crippen molar-refractivity contribution < 1.29 is 23.4 Å². The van der Waals surface area contributed by atoms with Gasteiger partial charge in [0, 0.05) is 10.6 Å². The van der Waals surface area contributed by atoms with Gasteiger partial charge < -0.3 is 10.2 Å². The minimum Gasteiger partial charge on any atom is -0.385 e. The third-order valence-corrected chi connectivity index (χ3v) is 6.97. The van der Waals surface area contributed by atoms with Gasteiger partial charge in [-0.1, -0.05) is 64.6 Å². The van der Waals surface area contributed by atoms with Crippen LogP contribution in [0.2, 0.25) is 20.2 Å². The largest absolute Gasteiger partial charge is 0.416 e. The highest BCUT2D eigenvalue weighted by Gasteiger charge is 2.39. The summed E-state index contributed by atoms with van der Waals surface area (Å²) in [5, 5.41) is 24.8. The molecule has 38 heavy (non-hydrogen) atoms. The second-order valence-corrected chi connectivity index (χ2v) is 9.81. The van der Waals surface area contributed by atoms with Gasteiger partial charge in [-0.25, -0.2) is 14.5 Å². The Morgan fingerprint density at radius 2 is 1.66 bits per heavy atom. The van der Waals surface area contributed by atoms with Crippen LogP contribution >= 0.6 is 46.4 Å². The number of aliphatic hydroxyl groups is 2. The van der Waals surface area contributed by atoms with Crippen molar-refractivity contribution in [2.75, 3.05) is 0 Å². The zero-order chi connectivity index (χ0) is 27.9. The molecule has 0 aliphatic rings. The first-order valence-corrected chi connectivity index (χ1v) is 12.4. The van der Waals surface area contributed by atoms with Crippen LogP contribution in [0.15, 0.2) is 47.3 Å². The first-order chi connectivity index (χ1) is 17.8. The molecule has 0 spiro atoms. The number of nitrogens with zero attached hydrogens (tertiary/aromatic N) is 5. The van der Waals surface area contributed by atoms with Gasteiger partial charge in [0.25, 0.3) is 0 Å². The zero-order valence-corrected chi connectivity index (χ0v) is 22.3. The molecule has 0 aliphatic heterocycles. The predicted molar refractivity (Wildman–Crippen MR) is 137 cm³/mol. The summed E-state index contributed by atoms with van der Waals surface area (Å²) in [4.78, 5) is 17.6. The molecular formula is C23H18Cl4F3N5O3. The highest BCUT2D eigenvalue weighted by molar-refractivity contribution is 6.43. The summed E-state index contributed by atoms with van der Waals surface area (Å²) in [7, 11) is 0. The third kappa shape index (κ3) is 5.58. The predicted octanol–water partition coefficient (Wildman–Crippen LogP) is 5.54. The lowest BCUT2D eigenvalue weighted by Gasteiger charge is -2.16. The molecule has 4 aromatic rings. The maximum Gasteiger partial charge on any atom is 0.416 e. The fourth-order valence-corrected chi connectivity index (χ4v) is 4.56. The second-order valence-electron chi connectivity index (χ2n) is 8.23. The van der Waals surface area contributed by atoms with Crippen LogP contribution < -0.4 is 5.69 Å². The molecule has 0 radical (unpaired) electrons. The van der Waals surface area contributed by atoms with Crippen molar-refractivity contribution in [3.8, 4) is 16.9 Å². The molecule has 2 atom stereocenters. The van der Waals surface area contributed by atoms with Crippen LogP contribution in [0.3, 0.4) is 0 Å². The smallest absolute Gasteiger partial charge is 0.385 e. The SMILES string of the molecule is C[C@H](O)c1nc(Cn2c(Cl)c(-c3ccc(Cl)cc3)n(C[C@H](O)C(F)(F)F)c2=O)nn1-c1cccc(Cl)c1Cl. The highest BCUT2D eigenvalue weighted by atomic mass is 35.5. The van der Waals surface area contributed by atoms with Crippen LogP contribution in [-0.2, 0) is 13.1 Å². The van der Waals surface area contributed by atoms with E-state index in [0.717, 1.165) is 9.13 Å². The van der Waals surface area contributed by atoms with Crippen molar-refractivity contribution in [3.63, 3.8) is 0 Å². The number of halogens is 7. The van der Waals surface area contributed by atoms with Crippen LogP contribution in [0.4, 0.5) is 13.2 Å². The molecular weight excluding hydrogens is 593 g/mol. The average molecular weight is 611 g/mol. The average Bonchev–Trinajstić information content (AvgIpc) is 3.36. The van der Waals surface area contributed by atoms with Crippen LogP contribution in [-0.4, -0.2) is 46.4 Å². The van der Waals surface area contributed by atoms with Crippen LogP contribution in [0.1, 0.15) is 24.7 Å². The minimum absolute atomic E-state index is 0.00267. The number of alkyl halides is 3. The minimum atomic E-state index is -4.98. The first kappa shape index (κ1) is 28.5. The fourth-order valence-electron chi connectivity index (χ4n) is 3.71. The fraction of sp³-hybridized carbons (Fsp3) is 0.261. The van der Waals surface area contributed by atoms with E-state index in [1.807, 2.05) is 0 Å². The maximum absolute atomic E-state index is 13.3. The van der Waals surface area contributed by atoms with Gasteiger partial charge in [-0.2, -0.15) is 13.2 Å². The van der Waals surface area contributed by atoms with Gasteiger partial charge in [0.2, 0.25) is 0 Å². The summed E-state index contributed by atoms with van der Waals surface area (Å²) >= 11 is 24.9. The summed E-state index contributed by atoms with van der Waals surface area (Å²) in [6.07, 6.45) is -8.93. The number of aliphatic hydroxyl groups excluding tert-OH is 2. The number of hydrogen-bond acceptors (Lipinski definition) is 5. The molecule has 2 heterocycles. The normalized spacial score (nSPS) is 13.6. The summed E-state index contributed by atoms with van der Waals surface area (Å²) in [5.74, 6) is 0.0651. The Bertz CT molecular complexity index is 1530. The lowest BCUT2D eigenvalue weighted by Crippen LogP contribution is -2.37. The molecule has 202 valence electrons. The van der Waals surface area contributed by atoms with Crippen molar-refractivity contribution in [1.82, 2.24) is 23.9 Å². The summed E-state index contributed by atoms with van der Waals surface area (Å²) in [6.45, 7) is -0.0419. The van der Waals surface area contributed by atoms with Crippen molar-refractivity contribution in [3.05, 3.63) is 84.8 Å². The van der Waals surface area contributed by atoms with E-state index in [2.05, 4.69) is 10.1 Å². The van der Waals surface area contributed by atoms with Gasteiger partial charge in [0.05, 0.1) is 34.5 Å². The zero-order valence-electron chi connectivity index (χ0n) is 19.3. The summed E-state index contributed by atoms with van der Waals surface area (Å²) < 4.78 is 42.4. The van der Waals surface area contributed by atoms with E-state index in [-0.39, 0.29) is 39.1 Å². The molecule has 0 aliphatic carbocycles. The van der Waals surface area contributed by atoms with E-state index in [0.29, 0.717) is 16.3 Å². The molecule has 2 aromatic carbocycles. The van der Waals surface area contributed by atoms with E-state index >= 15 is 0 Å². The molecule has 0 saturated carbocycles. The Balaban J connectivity index is 1.84. The topological polar surface area (TPSA) is 98.1 Å². The highest BCUT2D eigenvalue weighted by Crippen LogP contribution is 2.32. The standard InChI is InChI=1S/C23H18Cl4F3N5O3/c1-11(36)21-31-17(32-35(21)15-4-2-3-14(25)18(15)26)10-34-20(27)19(12-5-7-13(24)8-6-12)33(22(34)38)9-16(37)23(28,29)30/h2-8,11,16,36-37H,9-10H2,1H3/t11-,16-/m0/s1. The lowest BCUT2D eigenvalue weighted by molar-refractivity contribution is -0.207. The lowest BCUT2D eigenvalue weighted by atomic mass is 10.1. The Morgan fingerprint density at radius 1 is 1.00 bits per heavy atom. The third-order valence-electron chi connectivity index (χ3n) is 5.52. The van der Waals surface area contributed by atoms with Gasteiger partial charge in [-0.3, -0.25) is 9.13 Å². The molecule has 2 aromatic heterocycles. The van der Waals surface area contributed by atoms with Crippen LogP contribution in [0.5, 0.6) is 0 Å². The van der Waals surface area contributed by atoms with E-state index in [9.17, 15) is 28.2 Å². The molecule has 15 heteroatoms. The number of hydrogen-bond donors (Lipinski definition) is 2. The van der Waals surface area contributed by atoms with Crippen molar-refractivity contribution >= 4 is 46.4 Å². The van der Waals surface area contributed by atoms with Crippen LogP contribution in [0, 0.1) is 0 Å². The number of rotatable bonds is 7. The number of imidazole rings is 1. The molecule has 0 unspecified atom stereocenters. The molecule has 4 rings (SSSR count). The molecule has 0 fully saturated rings. The van der Waals surface area contributed by atoms with Crippen LogP contribution in [0.25, 0.3) is 16.9 Å². The van der Waals surface area contributed by atoms with E-state index in [1.54, 1.807) is 18.2 Å². The monoisotopic (exact) mass is 609 g/mol. The number of benzene rings is 2. The van der Waals surface area contributed by atoms with E-state index in [1.165, 1.54) is 35.9 Å². The Morgan fingerprint density at radius 3 is 2.26 bits per heavy atom. The van der Waals surface area contributed by atoms with Crippen molar-refractivity contribution in [1.29, 1.82) is 0 Å². The molecule has 8 nitrogen and oxygen atoms in total.